The van der Waals surface area contributed by atoms with Crippen LogP contribution in [0, 0.1) is 0 Å². The van der Waals surface area contributed by atoms with E-state index < -0.39 is 0 Å². The van der Waals surface area contributed by atoms with Gasteiger partial charge in [-0.1, -0.05) is 12.1 Å². The van der Waals surface area contributed by atoms with Crippen LogP contribution in [0.4, 0.5) is 0 Å². The lowest BCUT2D eigenvalue weighted by Crippen LogP contribution is -2.44. The van der Waals surface area contributed by atoms with E-state index >= 15 is 0 Å². The maximum Gasteiger partial charge on any atom is 0.0859 e. The fourth-order valence-electron chi connectivity index (χ4n) is 2.41. The summed E-state index contributed by atoms with van der Waals surface area (Å²) in [7, 11) is 0. The van der Waals surface area contributed by atoms with Crippen LogP contribution in [0.5, 0.6) is 0 Å². The summed E-state index contributed by atoms with van der Waals surface area (Å²) in [6.45, 7) is 5.65. The van der Waals surface area contributed by atoms with Crippen LogP contribution in [0.15, 0.2) is 36.7 Å². The minimum atomic E-state index is 1.03. The van der Waals surface area contributed by atoms with E-state index in [-0.39, 0.29) is 0 Å². The van der Waals surface area contributed by atoms with E-state index in [1.54, 1.807) is 17.2 Å². The van der Waals surface area contributed by atoms with Crippen molar-refractivity contribution in [2.75, 3.05) is 32.7 Å². The van der Waals surface area contributed by atoms with Gasteiger partial charge in [-0.3, -0.25) is 0 Å². The zero-order chi connectivity index (χ0) is 12.9. The summed E-state index contributed by atoms with van der Waals surface area (Å²) in [5.74, 6) is 0. The molecule has 1 aromatic carbocycles. The van der Waals surface area contributed by atoms with E-state index in [9.17, 15) is 0 Å². The molecule has 0 saturated carbocycles. The minimum Gasteiger partial charge on any atom is -0.314 e. The summed E-state index contributed by atoms with van der Waals surface area (Å²) in [5.41, 5.74) is 2.37. The predicted octanol–water partition coefficient (Wildman–Crippen LogP) is 0.715. The molecule has 0 radical (unpaired) electrons. The molecule has 1 aliphatic heterocycles. The highest BCUT2D eigenvalue weighted by molar-refractivity contribution is 5.34. The van der Waals surface area contributed by atoms with Crippen LogP contribution >= 0.6 is 0 Å². The first-order valence-corrected chi connectivity index (χ1v) is 6.80. The van der Waals surface area contributed by atoms with E-state index in [1.165, 1.54) is 5.56 Å². The molecule has 5 heteroatoms. The molecule has 19 heavy (non-hydrogen) atoms. The number of hydrogen-bond donors (Lipinski definition) is 1. The van der Waals surface area contributed by atoms with Gasteiger partial charge in [-0.25, -0.2) is 0 Å². The zero-order valence-electron chi connectivity index (χ0n) is 11.0. The molecule has 0 bridgehead atoms. The molecule has 1 N–H and O–H groups in total. The molecular weight excluding hydrogens is 238 g/mol. The minimum absolute atomic E-state index is 1.03. The fourth-order valence-corrected chi connectivity index (χ4v) is 2.41. The van der Waals surface area contributed by atoms with Crippen molar-refractivity contribution in [3.63, 3.8) is 0 Å². The maximum atomic E-state index is 4.16. The van der Waals surface area contributed by atoms with Crippen molar-refractivity contribution in [1.82, 2.24) is 25.2 Å². The Morgan fingerprint density at radius 1 is 1.11 bits per heavy atom. The van der Waals surface area contributed by atoms with Crippen LogP contribution in [-0.2, 0) is 6.42 Å². The maximum absolute atomic E-state index is 4.16. The third-order valence-corrected chi connectivity index (χ3v) is 3.49. The first kappa shape index (κ1) is 12.3. The zero-order valence-corrected chi connectivity index (χ0v) is 11.0. The van der Waals surface area contributed by atoms with Gasteiger partial charge < -0.3 is 10.2 Å². The van der Waals surface area contributed by atoms with Gasteiger partial charge in [0.2, 0.25) is 0 Å². The average molecular weight is 257 g/mol. The summed E-state index contributed by atoms with van der Waals surface area (Å²) < 4.78 is 0. The van der Waals surface area contributed by atoms with E-state index in [1.807, 2.05) is 6.07 Å². The summed E-state index contributed by atoms with van der Waals surface area (Å²) in [6.07, 6.45) is 4.48. The molecular formula is C14H19N5. The third-order valence-electron chi connectivity index (χ3n) is 3.49. The van der Waals surface area contributed by atoms with Gasteiger partial charge in [0.15, 0.2) is 0 Å². The first-order valence-electron chi connectivity index (χ1n) is 6.80. The van der Waals surface area contributed by atoms with Gasteiger partial charge in [-0.05, 0) is 24.1 Å². The van der Waals surface area contributed by atoms with Crippen molar-refractivity contribution < 1.29 is 0 Å². The van der Waals surface area contributed by atoms with Crippen LogP contribution in [0.25, 0.3) is 5.69 Å². The van der Waals surface area contributed by atoms with Crippen molar-refractivity contribution in [3.8, 4) is 5.69 Å². The normalized spacial score (nSPS) is 16.6. The number of rotatable bonds is 4. The SMILES string of the molecule is c1cc(CCN2CCNCC2)cc(-n2nccn2)c1. The number of piperazine rings is 1. The lowest BCUT2D eigenvalue weighted by atomic mass is 10.1. The van der Waals surface area contributed by atoms with E-state index in [2.05, 4.69) is 38.6 Å². The smallest absolute Gasteiger partial charge is 0.0859 e. The van der Waals surface area contributed by atoms with Gasteiger partial charge in [-0.2, -0.15) is 15.0 Å². The van der Waals surface area contributed by atoms with Crippen molar-refractivity contribution in [1.29, 1.82) is 0 Å². The van der Waals surface area contributed by atoms with Crippen LogP contribution in [0.1, 0.15) is 5.56 Å². The third kappa shape index (κ3) is 3.19. The van der Waals surface area contributed by atoms with Crippen LogP contribution < -0.4 is 5.32 Å². The molecule has 1 aliphatic rings. The number of hydrogen-bond acceptors (Lipinski definition) is 4. The Hall–Kier alpha value is -1.72. The molecule has 1 saturated heterocycles. The van der Waals surface area contributed by atoms with Gasteiger partial charge in [0.1, 0.15) is 0 Å². The van der Waals surface area contributed by atoms with E-state index in [4.69, 9.17) is 0 Å². The van der Waals surface area contributed by atoms with Crippen molar-refractivity contribution in [2.24, 2.45) is 0 Å². The van der Waals surface area contributed by atoms with Gasteiger partial charge >= 0.3 is 0 Å². The first-order chi connectivity index (χ1) is 9.42. The van der Waals surface area contributed by atoms with Gasteiger partial charge in [0.05, 0.1) is 18.1 Å². The second-order valence-electron chi connectivity index (χ2n) is 4.83. The Balaban J connectivity index is 1.63. The molecule has 2 aromatic rings. The van der Waals surface area contributed by atoms with Crippen LogP contribution in [-0.4, -0.2) is 52.6 Å². The second-order valence-corrected chi connectivity index (χ2v) is 4.83. The number of benzene rings is 1. The summed E-state index contributed by atoms with van der Waals surface area (Å²) in [5, 5.41) is 11.7. The summed E-state index contributed by atoms with van der Waals surface area (Å²) in [4.78, 5) is 4.17. The highest BCUT2D eigenvalue weighted by Crippen LogP contribution is 2.09. The molecule has 1 fully saturated rings. The molecule has 2 heterocycles. The lowest BCUT2D eigenvalue weighted by Gasteiger charge is -2.27. The average Bonchev–Trinajstić information content (AvgIpc) is 3.01. The quantitative estimate of drug-likeness (QED) is 0.876. The van der Waals surface area contributed by atoms with Gasteiger partial charge in [0, 0.05) is 32.7 Å². The highest BCUT2D eigenvalue weighted by atomic mass is 15.5. The second kappa shape index (κ2) is 5.95. The molecule has 0 unspecified atom stereocenters. The van der Waals surface area contributed by atoms with Gasteiger partial charge in [0.25, 0.3) is 0 Å². The van der Waals surface area contributed by atoms with Crippen LogP contribution in [0.2, 0.25) is 0 Å². The van der Waals surface area contributed by atoms with Crippen molar-refractivity contribution in [2.45, 2.75) is 6.42 Å². The number of nitrogens with zero attached hydrogens (tertiary/aromatic N) is 4. The molecule has 5 nitrogen and oxygen atoms in total. The Morgan fingerprint density at radius 3 is 2.68 bits per heavy atom. The molecule has 0 spiro atoms. The topological polar surface area (TPSA) is 46.0 Å². The van der Waals surface area contributed by atoms with E-state index in [0.29, 0.717) is 0 Å². The Bertz CT molecular complexity index is 502. The van der Waals surface area contributed by atoms with E-state index in [0.717, 1.165) is 44.8 Å². The largest absolute Gasteiger partial charge is 0.314 e. The molecule has 100 valence electrons. The molecule has 0 aliphatic carbocycles. The van der Waals surface area contributed by atoms with Crippen LogP contribution in [0.3, 0.4) is 0 Å². The standard InChI is InChI=1S/C14H19N5/c1-2-13(4-9-18-10-7-15-8-11-18)12-14(3-1)19-16-5-6-17-19/h1-3,5-6,12,15H,4,7-11H2. The summed E-state index contributed by atoms with van der Waals surface area (Å²) >= 11 is 0. The number of nitrogens with one attached hydrogen (secondary N) is 1. The number of aromatic nitrogens is 3. The Labute approximate surface area is 113 Å². The Morgan fingerprint density at radius 2 is 1.89 bits per heavy atom. The van der Waals surface area contributed by atoms with Crippen molar-refractivity contribution in [3.05, 3.63) is 42.2 Å². The fraction of sp³-hybridized carbons (Fsp3) is 0.429. The Kier molecular flexibility index (Phi) is 3.86. The predicted molar refractivity (Wildman–Crippen MR) is 74.4 cm³/mol. The lowest BCUT2D eigenvalue weighted by molar-refractivity contribution is 0.244. The van der Waals surface area contributed by atoms with Gasteiger partial charge in [-0.15, -0.1) is 0 Å². The molecule has 3 rings (SSSR count). The highest BCUT2D eigenvalue weighted by Gasteiger charge is 2.09. The monoisotopic (exact) mass is 257 g/mol. The molecule has 1 aromatic heterocycles. The van der Waals surface area contributed by atoms with Crippen molar-refractivity contribution >= 4 is 0 Å². The summed E-state index contributed by atoms with van der Waals surface area (Å²) in [6, 6.07) is 8.46. The molecule has 0 amide bonds. The molecule has 0 atom stereocenters.